The highest BCUT2D eigenvalue weighted by molar-refractivity contribution is 9.10. The van der Waals surface area contributed by atoms with Crippen molar-refractivity contribution in [2.24, 2.45) is 5.92 Å². The summed E-state index contributed by atoms with van der Waals surface area (Å²) in [7, 11) is 0. The molecule has 0 bridgehead atoms. The van der Waals surface area contributed by atoms with Crippen molar-refractivity contribution >= 4 is 22.0 Å². The molecule has 126 valence electrons. The summed E-state index contributed by atoms with van der Waals surface area (Å²) in [5.74, 6) is -0.346. The van der Waals surface area contributed by atoms with Crippen molar-refractivity contribution in [1.29, 1.82) is 0 Å². The Morgan fingerprint density at radius 2 is 2.26 bits per heavy atom. The minimum absolute atomic E-state index is 0.0289. The molecular formula is C16H20BrFN2O3. The largest absolute Gasteiger partial charge is 0.444 e. The van der Waals surface area contributed by atoms with Crippen molar-refractivity contribution in [2.75, 3.05) is 19.7 Å². The maximum atomic E-state index is 14.4. The second-order valence-corrected chi connectivity index (χ2v) is 7.98. The third-order valence-corrected chi connectivity index (χ3v) is 4.67. The average Bonchev–Trinajstić information content (AvgIpc) is 2.97. The van der Waals surface area contributed by atoms with E-state index < -0.39 is 11.1 Å². The number of hydrogen-bond donors (Lipinski definition) is 1. The average molecular weight is 387 g/mol. The lowest BCUT2D eigenvalue weighted by atomic mass is 9.82. The highest BCUT2D eigenvalue weighted by Gasteiger charge is 2.55. The van der Waals surface area contributed by atoms with Crippen LogP contribution in [0.25, 0.3) is 0 Å². The molecule has 1 aromatic rings. The number of likely N-dealkylation sites (tertiary alicyclic amines) is 1. The summed E-state index contributed by atoms with van der Waals surface area (Å²) >= 11 is 3.38. The Labute approximate surface area is 143 Å². The van der Waals surface area contributed by atoms with Gasteiger partial charge in [-0.1, -0.05) is 15.9 Å². The normalized spacial score (nSPS) is 27.2. The fourth-order valence-electron chi connectivity index (χ4n) is 3.16. The van der Waals surface area contributed by atoms with Gasteiger partial charge in [-0.25, -0.2) is 9.18 Å². The number of benzene rings is 1. The van der Waals surface area contributed by atoms with E-state index in [1.165, 1.54) is 6.07 Å². The zero-order valence-corrected chi connectivity index (χ0v) is 14.9. The molecule has 23 heavy (non-hydrogen) atoms. The van der Waals surface area contributed by atoms with Crippen LogP contribution in [-0.2, 0) is 15.1 Å². The van der Waals surface area contributed by atoms with Crippen molar-refractivity contribution in [3.8, 4) is 0 Å². The molecule has 0 aliphatic carbocycles. The van der Waals surface area contributed by atoms with E-state index in [-0.39, 0.29) is 17.8 Å². The number of rotatable bonds is 1. The van der Waals surface area contributed by atoms with Gasteiger partial charge in [-0.2, -0.15) is 5.48 Å². The lowest BCUT2D eigenvalue weighted by Gasteiger charge is -2.29. The molecule has 7 heteroatoms. The summed E-state index contributed by atoms with van der Waals surface area (Å²) in [5, 5.41) is 0. The molecule has 0 radical (unpaired) electrons. The van der Waals surface area contributed by atoms with E-state index in [0.29, 0.717) is 25.3 Å². The van der Waals surface area contributed by atoms with Crippen LogP contribution in [0.3, 0.4) is 0 Å². The molecule has 2 saturated heterocycles. The summed E-state index contributed by atoms with van der Waals surface area (Å²) < 4.78 is 20.6. The predicted octanol–water partition coefficient (Wildman–Crippen LogP) is 3.19. The Kier molecular flexibility index (Phi) is 4.14. The molecule has 2 atom stereocenters. The van der Waals surface area contributed by atoms with Crippen LogP contribution in [0.2, 0.25) is 0 Å². The van der Waals surface area contributed by atoms with Gasteiger partial charge in [-0.3, -0.25) is 0 Å². The first-order chi connectivity index (χ1) is 10.7. The molecule has 2 heterocycles. The van der Waals surface area contributed by atoms with Crippen LogP contribution in [0.1, 0.15) is 26.3 Å². The third kappa shape index (κ3) is 3.09. The Balaban J connectivity index is 1.89. The molecule has 1 N–H and O–H groups in total. The predicted molar refractivity (Wildman–Crippen MR) is 86.2 cm³/mol. The Morgan fingerprint density at radius 3 is 2.96 bits per heavy atom. The fourth-order valence-corrected chi connectivity index (χ4v) is 3.52. The zero-order chi connectivity index (χ0) is 16.8. The van der Waals surface area contributed by atoms with Crippen molar-refractivity contribution in [3.05, 3.63) is 34.1 Å². The number of ether oxygens (including phenoxy) is 1. The molecule has 2 fully saturated rings. The maximum absolute atomic E-state index is 14.4. The molecule has 1 aromatic carbocycles. The smallest absolute Gasteiger partial charge is 0.410 e. The van der Waals surface area contributed by atoms with Gasteiger partial charge in [-0.05, 0) is 39.0 Å². The highest BCUT2D eigenvalue weighted by atomic mass is 79.9. The van der Waals surface area contributed by atoms with Gasteiger partial charge in [0.05, 0.1) is 12.1 Å². The van der Waals surface area contributed by atoms with E-state index in [2.05, 4.69) is 21.4 Å². The monoisotopic (exact) mass is 386 g/mol. The Bertz CT molecular complexity index is 634. The lowest BCUT2D eigenvalue weighted by Crippen LogP contribution is -2.45. The second kappa shape index (κ2) is 5.72. The molecule has 5 nitrogen and oxygen atoms in total. The number of nitrogens with zero attached hydrogens (tertiary/aromatic N) is 1. The number of carbonyl (C=O) groups excluding carboxylic acids is 1. The maximum Gasteiger partial charge on any atom is 0.410 e. The number of hydroxylamine groups is 1. The number of carbonyl (C=O) groups is 1. The summed E-state index contributed by atoms with van der Waals surface area (Å²) in [4.78, 5) is 19.3. The molecule has 0 aromatic heterocycles. The van der Waals surface area contributed by atoms with Crippen molar-refractivity contribution in [1.82, 2.24) is 10.4 Å². The van der Waals surface area contributed by atoms with E-state index in [4.69, 9.17) is 9.57 Å². The molecule has 3 rings (SSSR count). The summed E-state index contributed by atoms with van der Waals surface area (Å²) in [5.41, 5.74) is 2.15. The molecule has 0 saturated carbocycles. The zero-order valence-electron chi connectivity index (χ0n) is 13.4. The molecule has 2 aliphatic rings. The van der Waals surface area contributed by atoms with Crippen LogP contribution in [0.4, 0.5) is 9.18 Å². The van der Waals surface area contributed by atoms with Crippen LogP contribution < -0.4 is 5.48 Å². The van der Waals surface area contributed by atoms with Gasteiger partial charge in [0.2, 0.25) is 0 Å². The van der Waals surface area contributed by atoms with Gasteiger partial charge >= 0.3 is 6.09 Å². The Morgan fingerprint density at radius 1 is 1.52 bits per heavy atom. The van der Waals surface area contributed by atoms with Gasteiger partial charge in [0.25, 0.3) is 0 Å². The van der Waals surface area contributed by atoms with Crippen LogP contribution in [0.5, 0.6) is 0 Å². The Hall–Kier alpha value is -1.18. The number of halogens is 2. The third-order valence-electron chi connectivity index (χ3n) is 4.18. The minimum Gasteiger partial charge on any atom is -0.444 e. The first kappa shape index (κ1) is 16.7. The van der Waals surface area contributed by atoms with Crippen LogP contribution in [0, 0.1) is 11.7 Å². The number of hydrogen-bond acceptors (Lipinski definition) is 4. The van der Waals surface area contributed by atoms with Gasteiger partial charge in [-0.15, -0.1) is 0 Å². The minimum atomic E-state index is -0.745. The highest BCUT2D eigenvalue weighted by Crippen LogP contribution is 2.42. The van der Waals surface area contributed by atoms with Gasteiger partial charge < -0.3 is 14.5 Å². The molecule has 2 unspecified atom stereocenters. The molecular weight excluding hydrogens is 367 g/mol. The van der Waals surface area contributed by atoms with Crippen LogP contribution in [-0.4, -0.2) is 36.3 Å². The van der Waals surface area contributed by atoms with E-state index >= 15 is 0 Å². The molecule has 1 amide bonds. The van der Waals surface area contributed by atoms with Gasteiger partial charge in [0.1, 0.15) is 11.4 Å². The first-order valence-corrected chi connectivity index (χ1v) is 8.33. The quantitative estimate of drug-likeness (QED) is 0.804. The van der Waals surface area contributed by atoms with E-state index in [1.807, 2.05) is 20.8 Å². The molecule has 0 spiro atoms. The number of amides is 1. The fraction of sp³-hybridized carbons (Fsp3) is 0.562. The van der Waals surface area contributed by atoms with Crippen LogP contribution >= 0.6 is 15.9 Å². The number of nitrogens with one attached hydrogen (secondary N) is 1. The van der Waals surface area contributed by atoms with Gasteiger partial charge in [0.15, 0.2) is 0 Å². The first-order valence-electron chi connectivity index (χ1n) is 7.54. The van der Waals surface area contributed by atoms with E-state index in [1.54, 1.807) is 17.0 Å². The van der Waals surface area contributed by atoms with Crippen molar-refractivity contribution < 1.29 is 18.8 Å². The van der Waals surface area contributed by atoms with E-state index in [9.17, 15) is 9.18 Å². The number of fused-ring (bicyclic) bond motifs is 1. The SMILES string of the molecule is CC(C)(C)OC(=O)N1CC2CONC2(c2cc(Br)ccc2F)C1. The summed E-state index contributed by atoms with van der Waals surface area (Å²) in [6.07, 6.45) is -0.386. The second-order valence-electron chi connectivity index (χ2n) is 7.07. The van der Waals surface area contributed by atoms with E-state index in [0.717, 1.165) is 4.47 Å². The van der Waals surface area contributed by atoms with Crippen molar-refractivity contribution in [2.45, 2.75) is 31.9 Å². The lowest BCUT2D eigenvalue weighted by molar-refractivity contribution is 0.0149. The van der Waals surface area contributed by atoms with Gasteiger partial charge in [0, 0.05) is 29.0 Å². The molecule has 2 aliphatic heterocycles. The summed E-state index contributed by atoms with van der Waals surface area (Å²) in [6, 6.07) is 4.81. The standard InChI is InChI=1S/C16H20BrFN2O3/c1-15(2,3)23-14(21)20-7-10-8-22-19-16(10,9-20)12-6-11(17)4-5-13(12)18/h4-6,10,19H,7-9H2,1-3H3. The summed E-state index contributed by atoms with van der Waals surface area (Å²) in [6.45, 7) is 6.67. The van der Waals surface area contributed by atoms with Crippen molar-refractivity contribution in [3.63, 3.8) is 0 Å². The topological polar surface area (TPSA) is 50.8 Å². The van der Waals surface area contributed by atoms with Crippen LogP contribution in [0.15, 0.2) is 22.7 Å².